The molecule has 1 aliphatic heterocycles. The molecule has 0 atom stereocenters. The number of para-hydroxylation sites is 1. The summed E-state index contributed by atoms with van der Waals surface area (Å²) in [7, 11) is -3.83. The van der Waals surface area contributed by atoms with Crippen molar-refractivity contribution in [2.45, 2.75) is 11.8 Å². The third-order valence-corrected chi connectivity index (χ3v) is 5.11. The van der Waals surface area contributed by atoms with Gasteiger partial charge >= 0.3 is 0 Å². The van der Waals surface area contributed by atoms with E-state index in [2.05, 4.69) is 10.0 Å². The highest BCUT2D eigenvalue weighted by Gasteiger charge is 2.23. The van der Waals surface area contributed by atoms with E-state index in [1.54, 1.807) is 31.2 Å². The number of benzene rings is 2. The molecular weight excluding hydrogens is 340 g/mol. The molecule has 0 fully saturated rings. The number of halogens is 1. The van der Waals surface area contributed by atoms with Crippen LogP contribution in [0.2, 0.25) is 5.02 Å². The maximum absolute atomic E-state index is 12.5. The Morgan fingerprint density at radius 3 is 2.78 bits per heavy atom. The Balaban J connectivity index is 1.97. The molecule has 1 aliphatic rings. The smallest absolute Gasteiger partial charge is 0.262 e. The molecular formula is C15H13ClN2O4S. The maximum Gasteiger partial charge on any atom is 0.262 e. The zero-order valence-electron chi connectivity index (χ0n) is 12.1. The minimum absolute atomic E-state index is 0.0468. The zero-order chi connectivity index (χ0) is 16.6. The Bertz CT molecular complexity index is 896. The molecule has 8 heteroatoms. The molecule has 1 amide bonds. The zero-order valence-corrected chi connectivity index (χ0v) is 13.7. The van der Waals surface area contributed by atoms with Gasteiger partial charge < -0.3 is 10.1 Å². The summed E-state index contributed by atoms with van der Waals surface area (Å²) >= 11 is 5.99. The van der Waals surface area contributed by atoms with E-state index >= 15 is 0 Å². The van der Waals surface area contributed by atoms with Crippen molar-refractivity contribution in [3.05, 3.63) is 47.0 Å². The number of ether oxygens (including phenoxy) is 1. The summed E-state index contributed by atoms with van der Waals surface area (Å²) in [5.41, 5.74) is 1.45. The van der Waals surface area contributed by atoms with Gasteiger partial charge in [0, 0.05) is 5.02 Å². The van der Waals surface area contributed by atoms with Crippen LogP contribution in [0.15, 0.2) is 41.3 Å². The molecule has 6 nitrogen and oxygen atoms in total. The molecule has 0 unspecified atom stereocenters. The van der Waals surface area contributed by atoms with Crippen LogP contribution in [-0.4, -0.2) is 20.9 Å². The average molecular weight is 353 g/mol. The van der Waals surface area contributed by atoms with Gasteiger partial charge in [-0.1, -0.05) is 23.7 Å². The van der Waals surface area contributed by atoms with Crippen molar-refractivity contribution in [1.82, 2.24) is 0 Å². The van der Waals surface area contributed by atoms with Crippen LogP contribution in [0.5, 0.6) is 5.75 Å². The van der Waals surface area contributed by atoms with Crippen molar-refractivity contribution in [2.24, 2.45) is 0 Å². The number of aryl methyl sites for hydroxylation is 1. The molecule has 2 aromatic carbocycles. The Kier molecular flexibility index (Phi) is 3.91. The highest BCUT2D eigenvalue weighted by molar-refractivity contribution is 7.92. The van der Waals surface area contributed by atoms with Crippen molar-refractivity contribution in [1.29, 1.82) is 0 Å². The van der Waals surface area contributed by atoms with E-state index in [4.69, 9.17) is 16.3 Å². The molecule has 0 saturated carbocycles. The number of amides is 1. The molecule has 2 aromatic rings. The quantitative estimate of drug-likeness (QED) is 0.889. The molecule has 1 heterocycles. The first-order chi connectivity index (χ1) is 10.9. The lowest BCUT2D eigenvalue weighted by atomic mass is 10.2. The Hall–Kier alpha value is -2.25. The highest BCUT2D eigenvalue weighted by Crippen LogP contribution is 2.36. The van der Waals surface area contributed by atoms with Crippen LogP contribution in [0.1, 0.15) is 5.56 Å². The van der Waals surface area contributed by atoms with Gasteiger partial charge in [0.15, 0.2) is 12.4 Å². The van der Waals surface area contributed by atoms with Crippen LogP contribution in [0.4, 0.5) is 11.4 Å². The summed E-state index contributed by atoms with van der Waals surface area (Å²) in [6.07, 6.45) is 0. The Morgan fingerprint density at radius 1 is 1.26 bits per heavy atom. The number of carbonyl (C=O) groups excluding carboxylic acids is 1. The van der Waals surface area contributed by atoms with Gasteiger partial charge in [-0.3, -0.25) is 9.52 Å². The summed E-state index contributed by atoms with van der Waals surface area (Å²) in [6, 6.07) is 9.30. The predicted molar refractivity (Wildman–Crippen MR) is 87.6 cm³/mol. The van der Waals surface area contributed by atoms with E-state index in [-0.39, 0.29) is 28.8 Å². The average Bonchev–Trinajstić information content (AvgIpc) is 2.49. The van der Waals surface area contributed by atoms with Crippen LogP contribution in [-0.2, 0) is 14.8 Å². The first kappa shape index (κ1) is 15.6. The van der Waals surface area contributed by atoms with Gasteiger partial charge in [0.2, 0.25) is 0 Å². The van der Waals surface area contributed by atoms with Gasteiger partial charge in [-0.15, -0.1) is 0 Å². The van der Waals surface area contributed by atoms with Crippen LogP contribution < -0.4 is 14.8 Å². The number of carbonyl (C=O) groups is 1. The Morgan fingerprint density at radius 2 is 2.04 bits per heavy atom. The third kappa shape index (κ3) is 3.11. The van der Waals surface area contributed by atoms with Gasteiger partial charge in [-0.25, -0.2) is 8.42 Å². The molecule has 120 valence electrons. The number of hydrogen-bond donors (Lipinski definition) is 2. The van der Waals surface area contributed by atoms with E-state index < -0.39 is 10.0 Å². The van der Waals surface area contributed by atoms with E-state index in [1.165, 1.54) is 12.1 Å². The van der Waals surface area contributed by atoms with Crippen LogP contribution in [0, 0.1) is 6.92 Å². The number of hydrogen-bond acceptors (Lipinski definition) is 4. The van der Waals surface area contributed by atoms with Gasteiger partial charge in [0.05, 0.1) is 16.3 Å². The summed E-state index contributed by atoms with van der Waals surface area (Å²) in [4.78, 5) is 11.4. The topological polar surface area (TPSA) is 84.5 Å². The van der Waals surface area contributed by atoms with Crippen molar-refractivity contribution in [2.75, 3.05) is 16.6 Å². The first-order valence-corrected chi connectivity index (χ1v) is 8.57. The van der Waals surface area contributed by atoms with Gasteiger partial charge in [0.25, 0.3) is 15.9 Å². The summed E-state index contributed by atoms with van der Waals surface area (Å²) in [5, 5.41) is 2.99. The third-order valence-electron chi connectivity index (χ3n) is 3.33. The monoisotopic (exact) mass is 352 g/mol. The number of anilines is 2. The highest BCUT2D eigenvalue weighted by atomic mass is 35.5. The number of rotatable bonds is 3. The van der Waals surface area contributed by atoms with E-state index in [9.17, 15) is 13.2 Å². The molecule has 0 spiro atoms. The van der Waals surface area contributed by atoms with Crippen LogP contribution in [0.25, 0.3) is 0 Å². The molecule has 0 bridgehead atoms. The van der Waals surface area contributed by atoms with Crippen molar-refractivity contribution < 1.29 is 17.9 Å². The lowest BCUT2D eigenvalue weighted by molar-refractivity contribution is -0.118. The molecule has 3 rings (SSSR count). The van der Waals surface area contributed by atoms with Gasteiger partial charge in [0.1, 0.15) is 0 Å². The lowest BCUT2D eigenvalue weighted by Crippen LogP contribution is -2.26. The van der Waals surface area contributed by atoms with Crippen molar-refractivity contribution in [3.8, 4) is 5.75 Å². The fourth-order valence-electron chi connectivity index (χ4n) is 2.14. The summed E-state index contributed by atoms with van der Waals surface area (Å²) in [6.45, 7) is 1.62. The van der Waals surface area contributed by atoms with Crippen LogP contribution >= 0.6 is 11.6 Å². The second-order valence-electron chi connectivity index (χ2n) is 5.04. The van der Waals surface area contributed by atoms with Crippen LogP contribution in [0.3, 0.4) is 0 Å². The Labute approximate surface area is 138 Å². The minimum atomic E-state index is -3.83. The second-order valence-corrected chi connectivity index (χ2v) is 7.13. The van der Waals surface area contributed by atoms with Gasteiger partial charge in [-0.05, 0) is 36.8 Å². The largest absolute Gasteiger partial charge is 0.479 e. The minimum Gasteiger partial charge on any atom is -0.479 e. The second kappa shape index (κ2) is 5.75. The first-order valence-electron chi connectivity index (χ1n) is 6.71. The molecule has 0 aliphatic carbocycles. The molecule has 23 heavy (non-hydrogen) atoms. The molecule has 2 N–H and O–H groups in total. The summed E-state index contributed by atoms with van der Waals surface area (Å²) in [5.74, 6) is -0.00305. The molecule has 0 saturated heterocycles. The standard InChI is InChI=1S/C15H13ClN2O4S/c1-9-5-6-10(7-11(9)16)23(20,21)18-13-4-2-3-12-15(13)22-8-14(19)17-12/h2-7,18H,8H2,1H3,(H,17,19). The SMILES string of the molecule is Cc1ccc(S(=O)(=O)Nc2cccc3c2OCC(=O)N3)cc1Cl. The molecule has 0 aromatic heterocycles. The van der Waals surface area contributed by atoms with Crippen molar-refractivity contribution >= 4 is 38.9 Å². The van der Waals surface area contributed by atoms with E-state index in [1.807, 2.05) is 0 Å². The number of fused-ring (bicyclic) bond motifs is 1. The van der Waals surface area contributed by atoms with E-state index in [0.29, 0.717) is 10.7 Å². The maximum atomic E-state index is 12.5. The summed E-state index contributed by atoms with van der Waals surface area (Å²) < 4.78 is 32.8. The van der Waals surface area contributed by atoms with Gasteiger partial charge in [-0.2, -0.15) is 0 Å². The fraction of sp³-hybridized carbons (Fsp3) is 0.133. The number of nitrogens with one attached hydrogen (secondary N) is 2. The lowest BCUT2D eigenvalue weighted by Gasteiger charge is -2.21. The van der Waals surface area contributed by atoms with E-state index in [0.717, 1.165) is 5.56 Å². The molecule has 0 radical (unpaired) electrons. The van der Waals surface area contributed by atoms with Crippen molar-refractivity contribution in [3.63, 3.8) is 0 Å². The fourth-order valence-corrected chi connectivity index (χ4v) is 3.47. The predicted octanol–water partition coefficient (Wildman–Crippen LogP) is 2.78. The normalized spacial score (nSPS) is 13.7. The number of sulfonamides is 1.